The Bertz CT molecular complexity index is 622. The van der Waals surface area contributed by atoms with Gasteiger partial charge in [-0.05, 0) is 31.1 Å². The summed E-state index contributed by atoms with van der Waals surface area (Å²) in [4.78, 5) is 24.6. The number of allylic oxidation sites excluding steroid dienone is 1. The van der Waals surface area contributed by atoms with Crippen molar-refractivity contribution < 1.29 is 23.8 Å². The minimum absolute atomic E-state index is 0.0316. The van der Waals surface area contributed by atoms with Crippen molar-refractivity contribution in [2.45, 2.75) is 40.2 Å². The van der Waals surface area contributed by atoms with Gasteiger partial charge in [0.2, 0.25) is 0 Å². The van der Waals surface area contributed by atoms with E-state index in [1.165, 1.54) is 0 Å². The molecule has 1 heterocycles. The van der Waals surface area contributed by atoms with Gasteiger partial charge in [-0.1, -0.05) is 33.9 Å². The van der Waals surface area contributed by atoms with E-state index in [-0.39, 0.29) is 43.0 Å². The molecule has 0 aromatic rings. The minimum Gasteiger partial charge on any atom is -0.494 e. The van der Waals surface area contributed by atoms with Gasteiger partial charge >= 0.3 is 11.9 Å². The molecule has 6 unspecified atom stereocenters. The van der Waals surface area contributed by atoms with Crippen molar-refractivity contribution in [2.75, 3.05) is 13.2 Å². The van der Waals surface area contributed by atoms with E-state index in [1.807, 2.05) is 0 Å². The van der Waals surface area contributed by atoms with E-state index in [9.17, 15) is 9.59 Å². The number of fused-ring (bicyclic) bond motifs is 1. The molecule has 5 heteroatoms. The van der Waals surface area contributed by atoms with Gasteiger partial charge in [0, 0.05) is 17.4 Å². The minimum atomic E-state index is -0.591. The summed E-state index contributed by atoms with van der Waals surface area (Å²) in [6.07, 6.45) is 1.19. The Labute approximate surface area is 149 Å². The summed E-state index contributed by atoms with van der Waals surface area (Å²) in [5.41, 5.74) is -0.260. The molecule has 1 saturated heterocycles. The lowest BCUT2D eigenvalue weighted by Gasteiger charge is -2.44. The van der Waals surface area contributed by atoms with Crippen LogP contribution >= 0.6 is 0 Å². The number of esters is 2. The second-order valence-electron chi connectivity index (χ2n) is 8.03. The predicted molar refractivity (Wildman–Crippen MR) is 92.3 cm³/mol. The first-order chi connectivity index (χ1) is 11.7. The van der Waals surface area contributed by atoms with E-state index in [0.29, 0.717) is 17.4 Å². The Balaban J connectivity index is 1.73. The number of hydrogen-bond donors (Lipinski definition) is 0. The van der Waals surface area contributed by atoms with Gasteiger partial charge < -0.3 is 14.2 Å². The first-order valence-corrected chi connectivity index (χ1v) is 9.08. The smallest absolute Gasteiger partial charge is 0.333 e. The van der Waals surface area contributed by atoms with E-state index < -0.39 is 11.4 Å². The average Bonchev–Trinajstić information content (AvgIpc) is 3.13. The summed E-state index contributed by atoms with van der Waals surface area (Å²) in [5.74, 6) is 1.15. The summed E-state index contributed by atoms with van der Waals surface area (Å²) >= 11 is 0. The summed E-state index contributed by atoms with van der Waals surface area (Å²) in [6.45, 7) is 15.6. The highest BCUT2D eigenvalue weighted by Crippen LogP contribution is 2.70. The van der Waals surface area contributed by atoms with Crippen LogP contribution in [0.4, 0.5) is 0 Å². The first kappa shape index (κ1) is 18.0. The van der Waals surface area contributed by atoms with E-state index in [2.05, 4.69) is 33.9 Å². The van der Waals surface area contributed by atoms with Crippen molar-refractivity contribution in [2.24, 2.45) is 35.0 Å². The Morgan fingerprint density at radius 1 is 1.32 bits per heavy atom. The molecule has 0 amide bonds. The molecular formula is C20H28O5. The van der Waals surface area contributed by atoms with Crippen LogP contribution in [0.25, 0.3) is 0 Å². The SMILES string of the molecule is C=C(C)C(=O)OCCOC(=O)C1(C(C)C)C2CC3C(OC(=C)C31)C2C. The lowest BCUT2D eigenvalue weighted by molar-refractivity contribution is -0.171. The van der Waals surface area contributed by atoms with Crippen molar-refractivity contribution in [3.8, 4) is 0 Å². The van der Waals surface area contributed by atoms with Gasteiger partial charge in [-0.15, -0.1) is 0 Å². The highest BCUT2D eigenvalue weighted by molar-refractivity contribution is 5.87. The van der Waals surface area contributed by atoms with Gasteiger partial charge in [0.05, 0.1) is 11.2 Å². The zero-order valence-electron chi connectivity index (χ0n) is 15.5. The van der Waals surface area contributed by atoms with Crippen molar-refractivity contribution in [1.29, 1.82) is 0 Å². The molecule has 0 spiro atoms. The van der Waals surface area contributed by atoms with Gasteiger partial charge in [0.1, 0.15) is 19.3 Å². The van der Waals surface area contributed by atoms with Crippen LogP contribution in [0.1, 0.15) is 34.1 Å². The fraction of sp³-hybridized carbons (Fsp3) is 0.700. The average molecular weight is 348 g/mol. The number of ether oxygens (including phenoxy) is 3. The van der Waals surface area contributed by atoms with E-state index >= 15 is 0 Å². The molecule has 0 radical (unpaired) electrons. The van der Waals surface area contributed by atoms with Crippen molar-refractivity contribution >= 4 is 11.9 Å². The lowest BCUT2D eigenvalue weighted by atomic mass is 9.57. The number of hydrogen-bond acceptors (Lipinski definition) is 5. The molecule has 2 bridgehead atoms. The maximum Gasteiger partial charge on any atom is 0.333 e. The molecule has 0 N–H and O–H groups in total. The van der Waals surface area contributed by atoms with Crippen LogP contribution in [-0.4, -0.2) is 31.3 Å². The topological polar surface area (TPSA) is 61.8 Å². The highest BCUT2D eigenvalue weighted by atomic mass is 16.6. The zero-order valence-corrected chi connectivity index (χ0v) is 15.5. The fourth-order valence-corrected chi connectivity index (χ4v) is 5.57. The Morgan fingerprint density at radius 2 is 1.96 bits per heavy atom. The number of carbonyl (C=O) groups excluding carboxylic acids is 2. The second-order valence-corrected chi connectivity index (χ2v) is 8.03. The van der Waals surface area contributed by atoms with Gasteiger partial charge in [-0.25, -0.2) is 4.79 Å². The number of rotatable bonds is 6. The van der Waals surface area contributed by atoms with Gasteiger partial charge in [0.25, 0.3) is 0 Å². The monoisotopic (exact) mass is 348 g/mol. The van der Waals surface area contributed by atoms with E-state index in [0.717, 1.165) is 12.2 Å². The molecule has 0 aromatic heterocycles. The second kappa shape index (κ2) is 6.19. The quantitative estimate of drug-likeness (QED) is 0.419. The van der Waals surface area contributed by atoms with Crippen LogP contribution in [0.5, 0.6) is 0 Å². The number of carbonyl (C=O) groups is 2. The molecule has 2 saturated carbocycles. The molecule has 0 aromatic carbocycles. The van der Waals surface area contributed by atoms with Crippen molar-refractivity contribution in [3.63, 3.8) is 0 Å². The predicted octanol–water partition coefficient (Wildman–Crippen LogP) is 3.11. The standard InChI is InChI=1S/C20H28O5/c1-10(2)18(21)23-7-8-24-19(22)20(11(3)4)15-9-14-16(20)13(6)25-17(14)12(15)5/h11-12,14-17H,1,6-9H2,2-5H3. The Hall–Kier alpha value is -1.78. The van der Waals surface area contributed by atoms with Gasteiger partial charge in [0.15, 0.2) is 0 Å². The third-order valence-electron chi connectivity index (χ3n) is 6.50. The third kappa shape index (κ3) is 2.42. The van der Waals surface area contributed by atoms with Gasteiger partial charge in [-0.2, -0.15) is 0 Å². The first-order valence-electron chi connectivity index (χ1n) is 9.08. The highest BCUT2D eigenvalue weighted by Gasteiger charge is 2.74. The summed E-state index contributed by atoms with van der Waals surface area (Å²) < 4.78 is 16.6. The molecule has 3 aliphatic rings. The Morgan fingerprint density at radius 3 is 2.56 bits per heavy atom. The van der Waals surface area contributed by atoms with Gasteiger partial charge in [-0.3, -0.25) is 4.79 Å². The Kier molecular flexibility index (Phi) is 4.46. The maximum absolute atomic E-state index is 13.2. The normalized spacial score (nSPS) is 38.0. The summed E-state index contributed by atoms with van der Waals surface area (Å²) in [7, 11) is 0. The molecule has 1 aliphatic heterocycles. The molecular weight excluding hydrogens is 320 g/mol. The van der Waals surface area contributed by atoms with Crippen LogP contribution in [0.3, 0.4) is 0 Å². The van der Waals surface area contributed by atoms with Crippen LogP contribution in [0, 0.1) is 35.0 Å². The zero-order chi connectivity index (χ0) is 18.5. The van der Waals surface area contributed by atoms with E-state index in [1.54, 1.807) is 6.92 Å². The molecule has 138 valence electrons. The van der Waals surface area contributed by atoms with Crippen LogP contribution in [0.15, 0.2) is 24.5 Å². The molecule has 25 heavy (non-hydrogen) atoms. The lowest BCUT2D eigenvalue weighted by Crippen LogP contribution is -2.51. The molecule has 6 atom stereocenters. The summed E-state index contributed by atoms with van der Waals surface area (Å²) in [5, 5.41) is 0. The molecule has 2 aliphatic carbocycles. The molecule has 5 nitrogen and oxygen atoms in total. The van der Waals surface area contributed by atoms with Crippen molar-refractivity contribution in [1.82, 2.24) is 0 Å². The fourth-order valence-electron chi connectivity index (χ4n) is 5.57. The molecule has 3 rings (SSSR count). The maximum atomic E-state index is 13.2. The summed E-state index contributed by atoms with van der Waals surface area (Å²) in [6, 6.07) is 0. The van der Waals surface area contributed by atoms with Crippen LogP contribution in [0.2, 0.25) is 0 Å². The van der Waals surface area contributed by atoms with E-state index in [4.69, 9.17) is 14.2 Å². The van der Waals surface area contributed by atoms with Crippen LogP contribution < -0.4 is 0 Å². The molecule has 3 fully saturated rings. The van der Waals surface area contributed by atoms with Crippen LogP contribution in [-0.2, 0) is 23.8 Å². The third-order valence-corrected chi connectivity index (χ3v) is 6.50. The van der Waals surface area contributed by atoms with Crippen molar-refractivity contribution in [3.05, 3.63) is 24.5 Å². The largest absolute Gasteiger partial charge is 0.494 e.